The van der Waals surface area contributed by atoms with Crippen LogP contribution >= 0.6 is 11.6 Å². The minimum atomic E-state index is -4.45. The Bertz CT molecular complexity index is 973. The van der Waals surface area contributed by atoms with E-state index in [1.807, 2.05) is 6.07 Å². The summed E-state index contributed by atoms with van der Waals surface area (Å²) in [6.45, 7) is 0.102. The van der Waals surface area contributed by atoms with Crippen LogP contribution in [0.5, 0.6) is 5.75 Å². The maximum Gasteiger partial charge on any atom is 0.416 e. The molecule has 1 aromatic heterocycles. The van der Waals surface area contributed by atoms with Gasteiger partial charge in [0.15, 0.2) is 6.73 Å². The number of rotatable bonds is 6. The van der Waals surface area contributed by atoms with E-state index in [0.29, 0.717) is 5.02 Å². The number of nitrogens with one attached hydrogen (secondary N) is 1. The van der Waals surface area contributed by atoms with Crippen molar-refractivity contribution < 1.29 is 22.7 Å². The fourth-order valence-corrected chi connectivity index (χ4v) is 2.57. The molecule has 28 heavy (non-hydrogen) atoms. The van der Waals surface area contributed by atoms with Crippen LogP contribution in [0.25, 0.3) is 0 Å². The first-order valence-electron chi connectivity index (χ1n) is 8.18. The van der Waals surface area contributed by atoms with Gasteiger partial charge in [0.05, 0.1) is 5.56 Å². The lowest BCUT2D eigenvalue weighted by molar-refractivity contribution is -0.137. The molecule has 1 amide bonds. The van der Waals surface area contributed by atoms with Gasteiger partial charge in [-0.1, -0.05) is 35.9 Å². The highest BCUT2D eigenvalue weighted by molar-refractivity contribution is 6.31. The molecule has 0 aliphatic rings. The Hall–Kier alpha value is -3.00. The highest BCUT2D eigenvalue weighted by Gasteiger charge is 2.30. The molecule has 0 aliphatic carbocycles. The van der Waals surface area contributed by atoms with Crippen molar-refractivity contribution in [1.29, 1.82) is 0 Å². The Balaban J connectivity index is 1.57. The molecule has 3 rings (SSSR count). The number of ether oxygens (including phenoxy) is 1. The minimum absolute atomic E-state index is 0.0510. The molecule has 1 heterocycles. The van der Waals surface area contributed by atoms with Gasteiger partial charge in [-0.2, -0.15) is 18.3 Å². The predicted octanol–water partition coefficient (Wildman–Crippen LogP) is 4.52. The standard InChI is InChI=1S/C19H15ClF3N3O2/c20-16-7-2-1-4-13(16)11-24-18(27)17-8-9-26(25-17)12-28-15-6-3-5-14(10-15)19(21,22)23/h1-10H,11-12H2,(H,24,27). The molecule has 0 aliphatic heterocycles. The van der Waals surface area contributed by atoms with Crippen LogP contribution in [-0.2, 0) is 19.5 Å². The second kappa shape index (κ2) is 8.35. The van der Waals surface area contributed by atoms with Crippen molar-refractivity contribution in [3.63, 3.8) is 0 Å². The van der Waals surface area contributed by atoms with Crippen molar-refractivity contribution in [2.24, 2.45) is 0 Å². The van der Waals surface area contributed by atoms with Crippen molar-refractivity contribution in [2.45, 2.75) is 19.5 Å². The summed E-state index contributed by atoms with van der Waals surface area (Å²) in [5.74, 6) is -0.354. The van der Waals surface area contributed by atoms with Gasteiger partial charge in [-0.05, 0) is 35.9 Å². The highest BCUT2D eigenvalue weighted by Crippen LogP contribution is 2.31. The first-order chi connectivity index (χ1) is 13.3. The molecule has 146 valence electrons. The van der Waals surface area contributed by atoms with E-state index in [0.717, 1.165) is 17.7 Å². The van der Waals surface area contributed by atoms with Gasteiger partial charge in [0.25, 0.3) is 5.91 Å². The monoisotopic (exact) mass is 409 g/mol. The number of hydrogen-bond donors (Lipinski definition) is 1. The number of carbonyl (C=O) groups excluding carboxylic acids is 1. The highest BCUT2D eigenvalue weighted by atomic mass is 35.5. The van der Waals surface area contributed by atoms with Crippen LogP contribution in [0.1, 0.15) is 21.6 Å². The summed E-state index contributed by atoms with van der Waals surface area (Å²) < 4.78 is 44.8. The Morgan fingerprint density at radius 1 is 1.14 bits per heavy atom. The summed E-state index contributed by atoms with van der Waals surface area (Å²) in [4.78, 5) is 12.2. The number of amides is 1. The number of alkyl halides is 3. The lowest BCUT2D eigenvalue weighted by atomic mass is 10.2. The largest absolute Gasteiger partial charge is 0.471 e. The van der Waals surface area contributed by atoms with Gasteiger partial charge in [-0.3, -0.25) is 4.79 Å². The van der Waals surface area contributed by atoms with Crippen molar-refractivity contribution in [3.8, 4) is 5.75 Å². The molecule has 0 atom stereocenters. The first-order valence-corrected chi connectivity index (χ1v) is 8.56. The zero-order valence-electron chi connectivity index (χ0n) is 14.4. The number of aromatic nitrogens is 2. The molecule has 2 aromatic carbocycles. The summed E-state index contributed by atoms with van der Waals surface area (Å²) in [6, 6.07) is 13.1. The average molecular weight is 410 g/mol. The van der Waals surface area contributed by atoms with Gasteiger partial charge in [0, 0.05) is 17.8 Å². The maximum absolute atomic E-state index is 12.7. The zero-order valence-corrected chi connectivity index (χ0v) is 15.2. The SMILES string of the molecule is O=C(NCc1ccccc1Cl)c1ccn(COc2cccc(C(F)(F)F)c2)n1. The van der Waals surface area contributed by atoms with Gasteiger partial charge >= 0.3 is 6.18 Å². The fraction of sp³-hybridized carbons (Fsp3) is 0.158. The molecule has 3 aromatic rings. The molecule has 5 nitrogen and oxygen atoms in total. The summed E-state index contributed by atoms with van der Waals surface area (Å²) in [5, 5.41) is 7.30. The second-order valence-electron chi connectivity index (χ2n) is 5.81. The molecule has 0 fully saturated rings. The van der Waals surface area contributed by atoms with Gasteiger partial charge in [0.1, 0.15) is 11.4 Å². The number of carbonyl (C=O) groups is 1. The van der Waals surface area contributed by atoms with Gasteiger partial charge in [0.2, 0.25) is 0 Å². The lowest BCUT2D eigenvalue weighted by Crippen LogP contribution is -2.23. The minimum Gasteiger partial charge on any atom is -0.471 e. The second-order valence-corrected chi connectivity index (χ2v) is 6.22. The van der Waals surface area contributed by atoms with Crippen molar-refractivity contribution in [2.75, 3.05) is 0 Å². The third kappa shape index (κ3) is 5.04. The first kappa shape index (κ1) is 19.8. The molecule has 0 saturated heterocycles. The third-order valence-electron chi connectivity index (χ3n) is 3.80. The van der Waals surface area contributed by atoms with Crippen LogP contribution in [-0.4, -0.2) is 15.7 Å². The molecular weight excluding hydrogens is 395 g/mol. The van der Waals surface area contributed by atoms with Crippen molar-refractivity contribution >= 4 is 17.5 Å². The third-order valence-corrected chi connectivity index (χ3v) is 4.16. The average Bonchev–Trinajstić information content (AvgIpc) is 3.14. The van der Waals surface area contributed by atoms with E-state index in [1.54, 1.807) is 18.2 Å². The van der Waals surface area contributed by atoms with Gasteiger partial charge < -0.3 is 10.1 Å². The molecule has 0 radical (unpaired) electrons. The Labute approximate surface area is 163 Å². The van der Waals surface area contributed by atoms with Crippen molar-refractivity contribution in [1.82, 2.24) is 15.1 Å². The van der Waals surface area contributed by atoms with E-state index in [4.69, 9.17) is 16.3 Å². The van der Waals surface area contributed by atoms with Gasteiger partial charge in [-0.25, -0.2) is 4.68 Å². The smallest absolute Gasteiger partial charge is 0.416 e. The molecule has 9 heteroatoms. The molecular formula is C19H15ClF3N3O2. The maximum atomic E-state index is 12.7. The van der Waals surface area contributed by atoms with Crippen LogP contribution in [0, 0.1) is 0 Å². The fourth-order valence-electron chi connectivity index (χ4n) is 2.37. The number of hydrogen-bond acceptors (Lipinski definition) is 3. The Kier molecular flexibility index (Phi) is 5.89. The van der Waals surface area contributed by atoms with Crippen LogP contribution in [0.15, 0.2) is 60.8 Å². The van der Waals surface area contributed by atoms with Crippen molar-refractivity contribution in [3.05, 3.63) is 82.6 Å². The van der Waals surface area contributed by atoms with E-state index < -0.39 is 17.6 Å². The van der Waals surface area contributed by atoms with E-state index in [-0.39, 0.29) is 24.7 Å². The Morgan fingerprint density at radius 3 is 2.68 bits per heavy atom. The van der Waals surface area contributed by atoms with E-state index in [1.165, 1.54) is 29.1 Å². The normalized spacial score (nSPS) is 11.3. The lowest BCUT2D eigenvalue weighted by Gasteiger charge is -2.10. The van der Waals surface area contributed by atoms with E-state index in [2.05, 4.69) is 10.4 Å². The van der Waals surface area contributed by atoms with E-state index in [9.17, 15) is 18.0 Å². The molecule has 1 N–H and O–H groups in total. The topological polar surface area (TPSA) is 56.2 Å². The number of benzene rings is 2. The van der Waals surface area contributed by atoms with E-state index >= 15 is 0 Å². The Morgan fingerprint density at radius 2 is 1.93 bits per heavy atom. The summed E-state index contributed by atoms with van der Waals surface area (Å²) >= 11 is 6.04. The predicted molar refractivity (Wildman–Crippen MR) is 96.9 cm³/mol. The summed E-state index contributed by atoms with van der Waals surface area (Å²) in [7, 11) is 0. The number of halogens is 4. The molecule has 0 bridgehead atoms. The van der Waals surface area contributed by atoms with Crippen LogP contribution in [0.4, 0.5) is 13.2 Å². The molecule has 0 saturated carbocycles. The van der Waals surface area contributed by atoms with Crippen LogP contribution in [0.2, 0.25) is 5.02 Å². The van der Waals surface area contributed by atoms with Gasteiger partial charge in [-0.15, -0.1) is 0 Å². The zero-order chi connectivity index (χ0) is 20.1. The quantitative estimate of drug-likeness (QED) is 0.651. The van der Waals surface area contributed by atoms with Crippen LogP contribution in [0.3, 0.4) is 0 Å². The van der Waals surface area contributed by atoms with Crippen LogP contribution < -0.4 is 10.1 Å². The molecule has 0 spiro atoms. The number of nitrogens with zero attached hydrogens (tertiary/aromatic N) is 2. The molecule has 0 unspecified atom stereocenters. The summed E-state index contributed by atoms with van der Waals surface area (Å²) in [5.41, 5.74) is 0.120. The summed E-state index contributed by atoms with van der Waals surface area (Å²) in [6.07, 6.45) is -2.95.